The molecule has 0 spiro atoms. The molecule has 0 saturated heterocycles. The maximum Gasteiger partial charge on any atom is 0.345 e. The minimum absolute atomic E-state index is 0.0900. The minimum atomic E-state index is -1.27. The highest BCUT2D eigenvalue weighted by atomic mass is 16.5. The number of rotatable bonds is 3. The van der Waals surface area contributed by atoms with Crippen molar-refractivity contribution in [2.45, 2.75) is 13.5 Å². The third-order valence-corrected chi connectivity index (χ3v) is 1.90. The van der Waals surface area contributed by atoms with Crippen LogP contribution in [0.3, 0.4) is 0 Å². The van der Waals surface area contributed by atoms with Crippen LogP contribution in [0.15, 0.2) is 17.1 Å². The Hall–Kier alpha value is -1.78. The van der Waals surface area contributed by atoms with Gasteiger partial charge in [0.05, 0.1) is 7.11 Å². The van der Waals surface area contributed by atoms with Crippen LogP contribution in [0.4, 0.5) is 0 Å². The fraction of sp³-hybridized carbons (Fsp3) is 0.333. The van der Waals surface area contributed by atoms with Gasteiger partial charge in [0.2, 0.25) is 0 Å². The lowest BCUT2D eigenvalue weighted by Gasteiger charge is -2.07. The van der Waals surface area contributed by atoms with Crippen LogP contribution < -0.4 is 10.3 Å². The first-order chi connectivity index (χ1) is 6.61. The highest BCUT2D eigenvalue weighted by Gasteiger charge is 2.16. The van der Waals surface area contributed by atoms with Crippen molar-refractivity contribution >= 4 is 5.97 Å². The summed E-state index contributed by atoms with van der Waals surface area (Å²) in [6, 6.07) is 1.47. The van der Waals surface area contributed by atoms with Crippen molar-refractivity contribution in [1.29, 1.82) is 0 Å². The van der Waals surface area contributed by atoms with Crippen molar-refractivity contribution in [1.82, 2.24) is 4.57 Å². The molecule has 1 aromatic rings. The monoisotopic (exact) mass is 197 g/mol. The summed E-state index contributed by atoms with van der Waals surface area (Å²) < 4.78 is 6.10. The summed E-state index contributed by atoms with van der Waals surface area (Å²) in [5, 5.41) is 8.80. The second-order valence-electron chi connectivity index (χ2n) is 2.66. The number of aromatic nitrogens is 1. The van der Waals surface area contributed by atoms with Gasteiger partial charge in [0.15, 0.2) is 5.56 Å². The lowest BCUT2D eigenvalue weighted by Crippen LogP contribution is -2.26. The summed E-state index contributed by atoms with van der Waals surface area (Å²) in [5.74, 6) is -1.18. The van der Waals surface area contributed by atoms with Gasteiger partial charge in [-0.1, -0.05) is 0 Å². The number of hydrogen-bond donors (Lipinski definition) is 1. The molecule has 76 valence electrons. The average molecular weight is 197 g/mol. The molecule has 0 radical (unpaired) electrons. The number of carboxylic acids is 1. The van der Waals surface area contributed by atoms with E-state index in [1.165, 1.54) is 23.9 Å². The molecule has 0 aliphatic heterocycles. The van der Waals surface area contributed by atoms with E-state index in [1.807, 2.05) is 0 Å². The van der Waals surface area contributed by atoms with Gasteiger partial charge in [0.1, 0.15) is 5.75 Å². The van der Waals surface area contributed by atoms with E-state index in [9.17, 15) is 9.59 Å². The van der Waals surface area contributed by atoms with Gasteiger partial charge in [-0.3, -0.25) is 4.79 Å². The number of hydrogen-bond acceptors (Lipinski definition) is 3. The van der Waals surface area contributed by atoms with Gasteiger partial charge in [-0.05, 0) is 13.0 Å². The summed E-state index contributed by atoms with van der Waals surface area (Å²) in [5.41, 5.74) is -0.865. The third kappa shape index (κ3) is 1.61. The van der Waals surface area contributed by atoms with Crippen LogP contribution in [0.25, 0.3) is 0 Å². The number of carboxylic acid groups (broad SMARTS) is 1. The second-order valence-corrected chi connectivity index (χ2v) is 2.66. The number of aromatic carboxylic acids is 1. The lowest BCUT2D eigenvalue weighted by molar-refractivity contribution is 0.0690. The molecule has 0 unspecified atom stereocenters. The number of aryl methyl sites for hydroxylation is 1. The molecule has 5 heteroatoms. The number of ether oxygens (including phenoxy) is 1. The van der Waals surface area contributed by atoms with Crippen LogP contribution in [-0.2, 0) is 6.54 Å². The summed E-state index contributed by atoms with van der Waals surface area (Å²) in [6.45, 7) is 2.20. The first-order valence-electron chi connectivity index (χ1n) is 4.12. The summed E-state index contributed by atoms with van der Waals surface area (Å²) in [4.78, 5) is 22.3. The molecule has 5 nitrogen and oxygen atoms in total. The van der Waals surface area contributed by atoms with E-state index in [0.717, 1.165) is 0 Å². The molecule has 14 heavy (non-hydrogen) atoms. The molecule has 1 aromatic heterocycles. The Morgan fingerprint density at radius 3 is 2.71 bits per heavy atom. The number of nitrogens with zero attached hydrogens (tertiary/aromatic N) is 1. The van der Waals surface area contributed by atoms with E-state index in [-0.39, 0.29) is 11.3 Å². The van der Waals surface area contributed by atoms with E-state index in [4.69, 9.17) is 9.84 Å². The Balaban J connectivity index is 3.47. The van der Waals surface area contributed by atoms with Crippen molar-refractivity contribution in [3.8, 4) is 5.75 Å². The quantitative estimate of drug-likeness (QED) is 0.769. The zero-order valence-corrected chi connectivity index (χ0v) is 7.98. The Morgan fingerprint density at radius 2 is 2.29 bits per heavy atom. The summed E-state index contributed by atoms with van der Waals surface area (Å²) >= 11 is 0. The molecular weight excluding hydrogens is 186 g/mol. The van der Waals surface area contributed by atoms with Gasteiger partial charge < -0.3 is 14.4 Å². The largest absolute Gasteiger partial charge is 0.496 e. The molecule has 0 aliphatic rings. The smallest absolute Gasteiger partial charge is 0.345 e. The molecule has 0 amide bonds. The lowest BCUT2D eigenvalue weighted by atomic mass is 10.2. The fourth-order valence-electron chi connectivity index (χ4n) is 1.17. The van der Waals surface area contributed by atoms with E-state index in [0.29, 0.717) is 6.54 Å². The Kier molecular flexibility index (Phi) is 2.91. The van der Waals surface area contributed by atoms with Gasteiger partial charge in [-0.15, -0.1) is 0 Å². The predicted octanol–water partition coefficient (Wildman–Crippen LogP) is 0.575. The molecule has 1 heterocycles. The third-order valence-electron chi connectivity index (χ3n) is 1.90. The highest BCUT2D eigenvalue weighted by molar-refractivity contribution is 5.90. The number of carbonyl (C=O) groups is 1. The Labute approximate surface area is 80.6 Å². The van der Waals surface area contributed by atoms with E-state index < -0.39 is 11.5 Å². The summed E-state index contributed by atoms with van der Waals surface area (Å²) in [7, 11) is 1.33. The van der Waals surface area contributed by atoms with Crippen molar-refractivity contribution in [2.75, 3.05) is 7.11 Å². The molecule has 0 aliphatic carbocycles. The minimum Gasteiger partial charge on any atom is -0.496 e. The number of methoxy groups -OCH3 is 1. The zero-order valence-electron chi connectivity index (χ0n) is 7.98. The predicted molar refractivity (Wildman–Crippen MR) is 49.9 cm³/mol. The molecule has 0 atom stereocenters. The molecule has 0 bridgehead atoms. The van der Waals surface area contributed by atoms with Crippen molar-refractivity contribution in [3.05, 3.63) is 28.2 Å². The molecule has 0 aromatic carbocycles. The van der Waals surface area contributed by atoms with Crippen molar-refractivity contribution in [3.63, 3.8) is 0 Å². The van der Waals surface area contributed by atoms with Crippen molar-refractivity contribution < 1.29 is 14.6 Å². The standard InChI is InChI=1S/C9H11NO4/c1-3-10-5-4-6(14-2)7(8(10)11)9(12)13/h4-5H,3H2,1-2H3,(H,12,13). The maximum absolute atomic E-state index is 11.5. The van der Waals surface area contributed by atoms with Gasteiger partial charge in [-0.2, -0.15) is 0 Å². The van der Waals surface area contributed by atoms with Gasteiger partial charge in [-0.25, -0.2) is 4.79 Å². The second kappa shape index (κ2) is 3.95. The van der Waals surface area contributed by atoms with Crippen LogP contribution >= 0.6 is 0 Å². The summed E-state index contributed by atoms with van der Waals surface area (Å²) in [6.07, 6.45) is 1.51. The van der Waals surface area contributed by atoms with Crippen LogP contribution in [0.2, 0.25) is 0 Å². The van der Waals surface area contributed by atoms with E-state index in [2.05, 4.69) is 0 Å². The van der Waals surface area contributed by atoms with Crippen LogP contribution in [0, 0.1) is 0 Å². The zero-order chi connectivity index (χ0) is 10.7. The molecule has 0 fully saturated rings. The van der Waals surface area contributed by atoms with Crippen LogP contribution in [-0.4, -0.2) is 22.8 Å². The Bertz CT molecular complexity index is 408. The first-order valence-corrected chi connectivity index (χ1v) is 4.12. The van der Waals surface area contributed by atoms with Gasteiger partial charge in [0, 0.05) is 12.7 Å². The normalized spacial score (nSPS) is 9.86. The number of pyridine rings is 1. The average Bonchev–Trinajstić information content (AvgIpc) is 2.16. The first kappa shape index (κ1) is 10.3. The van der Waals surface area contributed by atoms with E-state index >= 15 is 0 Å². The van der Waals surface area contributed by atoms with E-state index in [1.54, 1.807) is 6.92 Å². The molecule has 1 rings (SSSR count). The molecular formula is C9H11NO4. The highest BCUT2D eigenvalue weighted by Crippen LogP contribution is 2.12. The Morgan fingerprint density at radius 1 is 1.64 bits per heavy atom. The fourth-order valence-corrected chi connectivity index (χ4v) is 1.17. The molecule has 0 saturated carbocycles. The van der Waals surface area contributed by atoms with Crippen LogP contribution in [0.5, 0.6) is 5.75 Å². The SMILES string of the molecule is CCn1ccc(OC)c(C(=O)O)c1=O. The maximum atomic E-state index is 11.5. The topological polar surface area (TPSA) is 68.5 Å². The van der Waals surface area contributed by atoms with Crippen molar-refractivity contribution in [2.24, 2.45) is 0 Å². The van der Waals surface area contributed by atoms with Gasteiger partial charge >= 0.3 is 5.97 Å². The van der Waals surface area contributed by atoms with Gasteiger partial charge in [0.25, 0.3) is 5.56 Å². The van der Waals surface area contributed by atoms with Crippen LogP contribution in [0.1, 0.15) is 17.3 Å². The molecule has 1 N–H and O–H groups in total.